The van der Waals surface area contributed by atoms with Gasteiger partial charge in [-0.1, -0.05) is 0 Å². The van der Waals surface area contributed by atoms with Crippen LogP contribution in [-0.4, -0.2) is 27.5 Å². The van der Waals surface area contributed by atoms with Gasteiger partial charge in [0.05, 0.1) is 18.4 Å². The summed E-state index contributed by atoms with van der Waals surface area (Å²) in [7, 11) is 1.76. The van der Waals surface area contributed by atoms with Gasteiger partial charge in [-0.2, -0.15) is 5.10 Å². The fraction of sp³-hybridized carbons (Fsp3) is 0.429. The minimum absolute atomic E-state index is 0.0684. The lowest BCUT2D eigenvalue weighted by Crippen LogP contribution is -2.40. The molecule has 0 aliphatic heterocycles. The number of urea groups is 1. The number of amides is 2. The van der Waals surface area contributed by atoms with Crippen LogP contribution < -0.4 is 10.6 Å². The third-order valence-corrected chi connectivity index (χ3v) is 3.18. The van der Waals surface area contributed by atoms with E-state index in [0.717, 1.165) is 5.76 Å². The van der Waals surface area contributed by atoms with Gasteiger partial charge in [0.2, 0.25) is 0 Å². The number of nitrogens with one attached hydrogen (secondary N) is 2. The van der Waals surface area contributed by atoms with Crippen LogP contribution in [0.15, 0.2) is 22.9 Å². The lowest BCUT2D eigenvalue weighted by atomic mass is 9.96. The molecule has 0 aliphatic carbocycles. The van der Waals surface area contributed by atoms with Gasteiger partial charge in [0.1, 0.15) is 17.1 Å². The first-order valence-corrected chi connectivity index (χ1v) is 6.61. The Morgan fingerprint density at radius 2 is 2.24 bits per heavy atom. The normalized spacial score (nSPS) is 13.8. The van der Waals surface area contributed by atoms with Gasteiger partial charge in [0, 0.05) is 18.8 Å². The third-order valence-electron chi connectivity index (χ3n) is 3.18. The smallest absolute Gasteiger partial charge is 0.319 e. The van der Waals surface area contributed by atoms with Crippen molar-refractivity contribution in [1.29, 1.82) is 0 Å². The number of anilines is 1. The Kier molecular flexibility index (Phi) is 4.04. The number of nitrogens with zero attached hydrogens (tertiary/aromatic N) is 2. The number of furan rings is 1. The summed E-state index contributed by atoms with van der Waals surface area (Å²) in [5.41, 5.74) is 0.0559. The van der Waals surface area contributed by atoms with Crippen LogP contribution in [0.25, 0.3) is 0 Å². The highest BCUT2D eigenvalue weighted by molar-refractivity contribution is 5.88. The van der Waals surface area contributed by atoms with Crippen molar-refractivity contribution in [3.63, 3.8) is 0 Å². The molecule has 21 heavy (non-hydrogen) atoms. The maximum atomic E-state index is 11.8. The minimum Gasteiger partial charge on any atom is -0.466 e. The van der Waals surface area contributed by atoms with Crippen molar-refractivity contribution in [2.24, 2.45) is 7.05 Å². The van der Waals surface area contributed by atoms with E-state index in [4.69, 9.17) is 4.42 Å². The van der Waals surface area contributed by atoms with Crippen LogP contribution >= 0.6 is 0 Å². The monoisotopic (exact) mass is 292 g/mol. The molecule has 0 aromatic carbocycles. The Balaban J connectivity index is 1.95. The molecule has 2 aromatic heterocycles. The molecule has 0 spiro atoms. The number of carbonyl (C=O) groups is 1. The summed E-state index contributed by atoms with van der Waals surface area (Å²) in [5.74, 6) is 1.37. The van der Waals surface area contributed by atoms with Crippen molar-refractivity contribution in [1.82, 2.24) is 15.1 Å². The van der Waals surface area contributed by atoms with Crippen molar-refractivity contribution in [3.05, 3.63) is 35.5 Å². The molecular weight excluding hydrogens is 272 g/mol. The Morgan fingerprint density at radius 1 is 1.52 bits per heavy atom. The second-order valence-electron chi connectivity index (χ2n) is 5.31. The Bertz CT molecular complexity index is 642. The fourth-order valence-corrected chi connectivity index (χ4v) is 2.17. The molecule has 0 radical (unpaired) electrons. The maximum absolute atomic E-state index is 11.8. The maximum Gasteiger partial charge on any atom is 0.319 e. The van der Waals surface area contributed by atoms with Crippen molar-refractivity contribution in [2.75, 3.05) is 11.9 Å². The third kappa shape index (κ3) is 3.63. The molecule has 0 bridgehead atoms. The molecule has 7 nitrogen and oxygen atoms in total. The first-order valence-electron chi connectivity index (χ1n) is 6.61. The van der Waals surface area contributed by atoms with Gasteiger partial charge >= 0.3 is 6.03 Å². The topological polar surface area (TPSA) is 92.3 Å². The number of aryl methyl sites for hydroxylation is 3. The highest BCUT2D eigenvalue weighted by Gasteiger charge is 2.28. The molecule has 2 heterocycles. The summed E-state index contributed by atoms with van der Waals surface area (Å²) in [6.07, 6.45) is 3.22. The van der Waals surface area contributed by atoms with Crippen molar-refractivity contribution < 1.29 is 14.3 Å². The van der Waals surface area contributed by atoms with E-state index in [0.29, 0.717) is 17.0 Å². The second-order valence-corrected chi connectivity index (χ2v) is 5.31. The number of aromatic nitrogens is 2. The van der Waals surface area contributed by atoms with E-state index < -0.39 is 11.6 Å². The molecule has 3 N–H and O–H groups in total. The van der Waals surface area contributed by atoms with Crippen molar-refractivity contribution in [2.45, 2.75) is 26.4 Å². The van der Waals surface area contributed by atoms with E-state index in [1.165, 1.54) is 0 Å². The predicted octanol–water partition coefficient (Wildman–Crippen LogP) is 1.66. The molecule has 7 heteroatoms. The molecule has 0 saturated carbocycles. The van der Waals surface area contributed by atoms with E-state index in [-0.39, 0.29) is 6.54 Å². The summed E-state index contributed by atoms with van der Waals surface area (Å²) in [4.78, 5) is 11.8. The van der Waals surface area contributed by atoms with Crippen LogP contribution in [0.5, 0.6) is 0 Å². The number of carbonyl (C=O) groups excluding carboxylic acids is 1. The average molecular weight is 292 g/mol. The zero-order valence-electron chi connectivity index (χ0n) is 12.6. The largest absolute Gasteiger partial charge is 0.466 e. The van der Waals surface area contributed by atoms with Crippen LogP contribution in [-0.2, 0) is 12.6 Å². The molecule has 2 amide bonds. The van der Waals surface area contributed by atoms with E-state index in [9.17, 15) is 9.90 Å². The molecule has 114 valence electrons. The summed E-state index contributed by atoms with van der Waals surface area (Å²) >= 11 is 0. The van der Waals surface area contributed by atoms with Gasteiger partial charge < -0.3 is 20.2 Å². The zero-order valence-corrected chi connectivity index (χ0v) is 12.6. The summed E-state index contributed by atoms with van der Waals surface area (Å²) in [6, 6.07) is 1.37. The first kappa shape index (κ1) is 15.1. The minimum atomic E-state index is -1.20. The highest BCUT2D eigenvalue weighted by Crippen LogP contribution is 2.26. The van der Waals surface area contributed by atoms with Crippen LogP contribution in [0.4, 0.5) is 10.5 Å². The number of aliphatic hydroxyl groups is 1. The lowest BCUT2D eigenvalue weighted by molar-refractivity contribution is 0.0584. The highest BCUT2D eigenvalue weighted by atomic mass is 16.3. The second kappa shape index (κ2) is 5.61. The average Bonchev–Trinajstić information content (AvgIpc) is 2.93. The van der Waals surface area contributed by atoms with E-state index in [1.54, 1.807) is 44.0 Å². The SMILES string of the molecule is Cc1cc([C@@](C)(O)CNC(=O)Nc2cnn(C)c2)c(C)o1. The van der Waals surface area contributed by atoms with E-state index in [1.807, 2.05) is 6.92 Å². The van der Waals surface area contributed by atoms with Gasteiger partial charge in [-0.25, -0.2) is 4.79 Å². The Hall–Kier alpha value is -2.28. The molecule has 0 saturated heterocycles. The van der Waals surface area contributed by atoms with Crippen LogP contribution in [0.2, 0.25) is 0 Å². The van der Waals surface area contributed by atoms with Crippen LogP contribution in [0.1, 0.15) is 24.0 Å². The van der Waals surface area contributed by atoms with Gasteiger partial charge in [-0.3, -0.25) is 4.68 Å². The number of hydrogen-bond donors (Lipinski definition) is 3. The molecule has 2 aromatic rings. The van der Waals surface area contributed by atoms with Crippen molar-refractivity contribution >= 4 is 11.7 Å². The van der Waals surface area contributed by atoms with Gasteiger partial charge in [0.15, 0.2) is 0 Å². The van der Waals surface area contributed by atoms with Crippen molar-refractivity contribution in [3.8, 4) is 0 Å². The zero-order chi connectivity index (χ0) is 15.6. The summed E-state index contributed by atoms with van der Waals surface area (Å²) in [6.45, 7) is 5.30. The molecule has 0 fully saturated rings. The Labute approximate surface area is 123 Å². The summed E-state index contributed by atoms with van der Waals surface area (Å²) in [5, 5.41) is 19.7. The number of rotatable bonds is 4. The van der Waals surface area contributed by atoms with E-state index in [2.05, 4.69) is 15.7 Å². The molecular formula is C14H20N4O3. The fourth-order valence-electron chi connectivity index (χ4n) is 2.17. The first-order chi connectivity index (χ1) is 9.78. The number of hydrogen-bond acceptors (Lipinski definition) is 4. The van der Waals surface area contributed by atoms with Crippen LogP contribution in [0.3, 0.4) is 0 Å². The van der Waals surface area contributed by atoms with Crippen LogP contribution in [0, 0.1) is 13.8 Å². The van der Waals surface area contributed by atoms with Gasteiger partial charge in [-0.05, 0) is 26.8 Å². The van der Waals surface area contributed by atoms with Gasteiger partial charge in [0.25, 0.3) is 0 Å². The molecule has 1 atom stereocenters. The Morgan fingerprint density at radius 3 is 2.76 bits per heavy atom. The summed E-state index contributed by atoms with van der Waals surface area (Å²) < 4.78 is 6.99. The molecule has 0 aliphatic rings. The van der Waals surface area contributed by atoms with E-state index >= 15 is 0 Å². The quantitative estimate of drug-likeness (QED) is 0.799. The molecule has 2 rings (SSSR count). The standard InChI is InChI=1S/C14H20N4O3/c1-9-5-12(10(2)21-9)14(3,20)8-15-13(19)17-11-6-16-18(4)7-11/h5-7,20H,8H2,1-4H3,(H2,15,17,19)/t14-/m0/s1. The lowest BCUT2D eigenvalue weighted by Gasteiger charge is -2.23. The van der Waals surface area contributed by atoms with Gasteiger partial charge in [-0.15, -0.1) is 0 Å². The molecule has 0 unspecified atom stereocenters. The predicted molar refractivity (Wildman–Crippen MR) is 78.0 cm³/mol.